The van der Waals surface area contributed by atoms with Crippen molar-refractivity contribution in [3.05, 3.63) is 63.1 Å². The van der Waals surface area contributed by atoms with Crippen LogP contribution in [0, 0.1) is 6.92 Å². The predicted molar refractivity (Wildman–Crippen MR) is 88.7 cm³/mol. The quantitative estimate of drug-likeness (QED) is 0.872. The first kappa shape index (κ1) is 14.3. The number of benzene rings is 2. The summed E-state index contributed by atoms with van der Waals surface area (Å²) in [6, 6.07) is 11.8. The fraction of sp³-hybridized carbons (Fsp3) is 0.235. The van der Waals surface area contributed by atoms with Gasteiger partial charge in [0.2, 0.25) is 0 Å². The van der Waals surface area contributed by atoms with Gasteiger partial charge in [-0.2, -0.15) is 0 Å². The Morgan fingerprint density at radius 2 is 2.14 bits per heavy atom. The molecule has 0 unspecified atom stereocenters. The lowest BCUT2D eigenvalue weighted by atomic mass is 9.95. The lowest BCUT2D eigenvalue weighted by Crippen LogP contribution is -2.26. The Morgan fingerprint density at radius 3 is 2.95 bits per heavy atom. The third-order valence-electron chi connectivity index (χ3n) is 3.80. The van der Waals surface area contributed by atoms with E-state index in [2.05, 4.69) is 32.6 Å². The van der Waals surface area contributed by atoms with Crippen molar-refractivity contribution in [2.24, 2.45) is 0 Å². The zero-order valence-corrected chi connectivity index (χ0v) is 13.5. The van der Waals surface area contributed by atoms with Crippen LogP contribution < -0.4 is 10.6 Å². The predicted octanol–water partition coefficient (Wildman–Crippen LogP) is 3.66. The molecule has 1 heterocycles. The number of carbonyl (C=O) groups is 1. The summed E-state index contributed by atoms with van der Waals surface area (Å²) in [4.78, 5) is 12.5. The van der Waals surface area contributed by atoms with E-state index in [1.165, 1.54) is 11.1 Å². The van der Waals surface area contributed by atoms with E-state index >= 15 is 0 Å². The van der Waals surface area contributed by atoms with Gasteiger partial charge in [0.1, 0.15) is 0 Å². The second-order valence-electron chi connectivity index (χ2n) is 5.29. The van der Waals surface area contributed by atoms with Gasteiger partial charge in [-0.1, -0.05) is 28.1 Å². The summed E-state index contributed by atoms with van der Waals surface area (Å²) in [5.41, 5.74) is 5.11. The Labute approximate surface area is 132 Å². The normalized spacial score (nSPS) is 13.6. The second kappa shape index (κ2) is 6.00. The Balaban J connectivity index is 1.87. The van der Waals surface area contributed by atoms with Crippen LogP contribution in [0.4, 0.5) is 5.69 Å². The Hall–Kier alpha value is -1.65. The van der Waals surface area contributed by atoms with E-state index in [1.807, 2.05) is 37.3 Å². The van der Waals surface area contributed by atoms with Crippen molar-refractivity contribution >= 4 is 27.5 Å². The molecule has 0 aliphatic carbocycles. The number of anilines is 1. The molecule has 0 bridgehead atoms. The summed E-state index contributed by atoms with van der Waals surface area (Å²) < 4.78 is 1.05. The lowest BCUT2D eigenvalue weighted by Gasteiger charge is -2.20. The van der Waals surface area contributed by atoms with Crippen LogP contribution >= 0.6 is 15.9 Å². The maximum absolute atomic E-state index is 12.5. The number of nitrogens with one attached hydrogen (secondary N) is 2. The molecule has 2 aromatic carbocycles. The average Bonchev–Trinajstić information content (AvgIpc) is 2.50. The molecule has 21 heavy (non-hydrogen) atoms. The minimum Gasteiger partial charge on any atom is -0.322 e. The highest BCUT2D eigenvalue weighted by Gasteiger charge is 2.17. The summed E-state index contributed by atoms with van der Waals surface area (Å²) in [5.74, 6) is -0.0320. The van der Waals surface area contributed by atoms with E-state index in [0.29, 0.717) is 0 Å². The van der Waals surface area contributed by atoms with Crippen LogP contribution in [0.25, 0.3) is 0 Å². The first-order valence-electron chi connectivity index (χ1n) is 7.04. The number of amides is 1. The van der Waals surface area contributed by atoms with E-state index < -0.39 is 0 Å². The number of carbonyl (C=O) groups excluding carboxylic acids is 1. The summed E-state index contributed by atoms with van der Waals surface area (Å²) in [6.45, 7) is 3.78. The minimum atomic E-state index is -0.0320. The maximum atomic E-state index is 12.5. The Kier molecular flexibility index (Phi) is 4.08. The standard InChI is InChI=1S/C17H17BrN2O/c1-11-9-13(5-6-16(11)18)20-17(21)15-4-2-3-12-10-19-8-7-14(12)15/h2-6,9,19H,7-8,10H2,1H3,(H,20,21). The zero-order chi connectivity index (χ0) is 14.8. The van der Waals surface area contributed by atoms with Gasteiger partial charge >= 0.3 is 0 Å². The molecule has 2 N–H and O–H groups in total. The number of hydrogen-bond donors (Lipinski definition) is 2. The molecule has 1 amide bonds. The monoisotopic (exact) mass is 344 g/mol. The second-order valence-corrected chi connectivity index (χ2v) is 6.14. The highest BCUT2D eigenvalue weighted by Crippen LogP contribution is 2.22. The number of rotatable bonds is 2. The van der Waals surface area contributed by atoms with Gasteiger partial charge in [0, 0.05) is 22.3 Å². The molecule has 0 spiro atoms. The van der Waals surface area contributed by atoms with Gasteiger partial charge in [-0.3, -0.25) is 4.79 Å². The lowest BCUT2D eigenvalue weighted by molar-refractivity contribution is 0.102. The third-order valence-corrected chi connectivity index (χ3v) is 4.69. The first-order valence-corrected chi connectivity index (χ1v) is 7.83. The van der Waals surface area contributed by atoms with Gasteiger partial charge < -0.3 is 10.6 Å². The smallest absolute Gasteiger partial charge is 0.255 e. The minimum absolute atomic E-state index is 0.0320. The van der Waals surface area contributed by atoms with E-state index in [9.17, 15) is 4.79 Å². The molecule has 3 rings (SSSR count). The summed E-state index contributed by atoms with van der Waals surface area (Å²) >= 11 is 3.47. The molecular formula is C17H17BrN2O. The van der Waals surface area contributed by atoms with Crippen molar-refractivity contribution in [2.45, 2.75) is 19.9 Å². The van der Waals surface area contributed by atoms with Gasteiger partial charge in [0.25, 0.3) is 5.91 Å². The fourth-order valence-electron chi connectivity index (χ4n) is 2.67. The fourth-order valence-corrected chi connectivity index (χ4v) is 2.91. The zero-order valence-electron chi connectivity index (χ0n) is 11.9. The first-order chi connectivity index (χ1) is 10.1. The average molecular weight is 345 g/mol. The van der Waals surface area contributed by atoms with E-state index in [4.69, 9.17) is 0 Å². The topological polar surface area (TPSA) is 41.1 Å². The number of aryl methyl sites for hydroxylation is 1. The van der Waals surface area contributed by atoms with Crippen molar-refractivity contribution in [3.63, 3.8) is 0 Å². The third kappa shape index (κ3) is 3.01. The van der Waals surface area contributed by atoms with Gasteiger partial charge in [-0.15, -0.1) is 0 Å². The molecule has 0 atom stereocenters. The van der Waals surface area contributed by atoms with E-state index in [-0.39, 0.29) is 5.91 Å². The molecule has 0 radical (unpaired) electrons. The molecular weight excluding hydrogens is 328 g/mol. The molecule has 1 aliphatic heterocycles. The number of fused-ring (bicyclic) bond motifs is 1. The highest BCUT2D eigenvalue weighted by molar-refractivity contribution is 9.10. The molecule has 0 fully saturated rings. The van der Waals surface area contributed by atoms with Crippen molar-refractivity contribution in [3.8, 4) is 0 Å². The molecule has 4 heteroatoms. The molecule has 0 aromatic heterocycles. The van der Waals surface area contributed by atoms with Crippen molar-refractivity contribution in [2.75, 3.05) is 11.9 Å². The van der Waals surface area contributed by atoms with Crippen LogP contribution in [0.5, 0.6) is 0 Å². The molecule has 1 aliphatic rings. The van der Waals surface area contributed by atoms with Gasteiger partial charge in [0.15, 0.2) is 0 Å². The van der Waals surface area contributed by atoms with Crippen molar-refractivity contribution in [1.29, 1.82) is 0 Å². The molecule has 0 saturated heterocycles. The van der Waals surface area contributed by atoms with E-state index in [1.54, 1.807) is 0 Å². The van der Waals surface area contributed by atoms with Crippen LogP contribution in [0.15, 0.2) is 40.9 Å². The highest BCUT2D eigenvalue weighted by atomic mass is 79.9. The molecule has 0 saturated carbocycles. The van der Waals surface area contributed by atoms with Crippen LogP contribution in [-0.4, -0.2) is 12.5 Å². The molecule has 3 nitrogen and oxygen atoms in total. The van der Waals surface area contributed by atoms with Crippen LogP contribution in [0.1, 0.15) is 27.0 Å². The number of halogens is 1. The Morgan fingerprint density at radius 1 is 1.29 bits per heavy atom. The number of hydrogen-bond acceptors (Lipinski definition) is 2. The van der Waals surface area contributed by atoms with Crippen LogP contribution in [-0.2, 0) is 13.0 Å². The van der Waals surface area contributed by atoms with Crippen molar-refractivity contribution < 1.29 is 4.79 Å². The Bertz CT molecular complexity index is 697. The molecule has 108 valence electrons. The van der Waals surface area contributed by atoms with Gasteiger partial charge in [-0.05, 0) is 60.8 Å². The summed E-state index contributed by atoms with van der Waals surface area (Å²) in [5, 5.41) is 6.33. The largest absolute Gasteiger partial charge is 0.322 e. The van der Waals surface area contributed by atoms with Gasteiger partial charge in [0.05, 0.1) is 0 Å². The summed E-state index contributed by atoms with van der Waals surface area (Å²) in [7, 11) is 0. The SMILES string of the molecule is Cc1cc(NC(=O)c2cccc3c2CCNC3)ccc1Br. The van der Waals surface area contributed by atoms with E-state index in [0.717, 1.165) is 40.8 Å². The maximum Gasteiger partial charge on any atom is 0.255 e. The molecule has 2 aromatic rings. The van der Waals surface area contributed by atoms with Gasteiger partial charge in [-0.25, -0.2) is 0 Å². The van der Waals surface area contributed by atoms with Crippen molar-refractivity contribution in [1.82, 2.24) is 5.32 Å². The summed E-state index contributed by atoms with van der Waals surface area (Å²) in [6.07, 6.45) is 0.901. The van der Waals surface area contributed by atoms with Crippen LogP contribution in [0.3, 0.4) is 0 Å². The van der Waals surface area contributed by atoms with Crippen LogP contribution in [0.2, 0.25) is 0 Å².